The predicted octanol–water partition coefficient (Wildman–Crippen LogP) is 0.712. The van der Waals surface area contributed by atoms with E-state index in [1.54, 1.807) is 13.2 Å². The zero-order valence-corrected chi connectivity index (χ0v) is 11.3. The van der Waals surface area contributed by atoms with Crippen molar-refractivity contribution in [3.05, 3.63) is 24.2 Å². The lowest BCUT2D eigenvalue weighted by Crippen LogP contribution is -2.87. The summed E-state index contributed by atoms with van der Waals surface area (Å²) in [5.74, 6) is 1.05. The molecule has 0 aromatic carbocycles. The third-order valence-electron chi connectivity index (χ3n) is 3.67. The minimum Gasteiger partial charge on any atom is -0.463 e. The molecule has 5 nitrogen and oxygen atoms in total. The van der Waals surface area contributed by atoms with E-state index in [0.29, 0.717) is 12.5 Å². The fourth-order valence-electron chi connectivity index (χ4n) is 2.17. The number of hydrogen-bond acceptors (Lipinski definition) is 3. The molecule has 0 aliphatic heterocycles. The Kier molecular flexibility index (Phi) is 3.91. The Balaban J connectivity index is 1.80. The van der Waals surface area contributed by atoms with Gasteiger partial charge in [0.15, 0.2) is 12.3 Å². The fraction of sp³-hybridized carbons (Fsp3) is 0.571. The molecule has 102 valence electrons. The van der Waals surface area contributed by atoms with Crippen molar-refractivity contribution in [1.29, 1.82) is 5.26 Å². The maximum Gasteiger partial charge on any atom is 0.276 e. The Bertz CT molecular complexity index is 473. The number of carbonyl (C=O) groups is 1. The van der Waals surface area contributed by atoms with Gasteiger partial charge in [0.2, 0.25) is 0 Å². The van der Waals surface area contributed by atoms with Crippen molar-refractivity contribution >= 4 is 5.91 Å². The van der Waals surface area contributed by atoms with Gasteiger partial charge in [0.1, 0.15) is 11.6 Å². The van der Waals surface area contributed by atoms with Crippen molar-refractivity contribution < 1.29 is 14.5 Å². The van der Waals surface area contributed by atoms with E-state index in [4.69, 9.17) is 4.42 Å². The van der Waals surface area contributed by atoms with E-state index in [1.165, 1.54) is 0 Å². The van der Waals surface area contributed by atoms with Crippen LogP contribution in [0.2, 0.25) is 0 Å². The lowest BCUT2D eigenvalue weighted by molar-refractivity contribution is -0.684. The van der Waals surface area contributed by atoms with Crippen LogP contribution in [-0.2, 0) is 4.79 Å². The van der Waals surface area contributed by atoms with Crippen molar-refractivity contribution in [3.63, 3.8) is 0 Å². The van der Waals surface area contributed by atoms with Crippen LogP contribution in [0.15, 0.2) is 22.8 Å². The SMILES string of the molecule is C[C@@H]([NH2+]CC(=O)N[C@@](C)(C#N)C1CC1)c1ccco1. The first-order chi connectivity index (χ1) is 9.05. The number of nitriles is 1. The summed E-state index contributed by atoms with van der Waals surface area (Å²) in [5.41, 5.74) is -0.709. The van der Waals surface area contributed by atoms with Gasteiger partial charge in [-0.3, -0.25) is 4.79 Å². The van der Waals surface area contributed by atoms with Crippen molar-refractivity contribution in [3.8, 4) is 6.07 Å². The largest absolute Gasteiger partial charge is 0.463 e. The third-order valence-corrected chi connectivity index (χ3v) is 3.67. The number of hydrogen-bond donors (Lipinski definition) is 2. The second kappa shape index (κ2) is 5.45. The highest BCUT2D eigenvalue weighted by Crippen LogP contribution is 2.39. The fourth-order valence-corrected chi connectivity index (χ4v) is 2.17. The van der Waals surface area contributed by atoms with E-state index < -0.39 is 5.54 Å². The van der Waals surface area contributed by atoms with Crippen LogP contribution in [0, 0.1) is 17.2 Å². The molecule has 2 atom stereocenters. The summed E-state index contributed by atoms with van der Waals surface area (Å²) in [6.45, 7) is 4.08. The van der Waals surface area contributed by atoms with Gasteiger partial charge in [-0.15, -0.1) is 0 Å². The van der Waals surface area contributed by atoms with Crippen LogP contribution >= 0.6 is 0 Å². The minimum absolute atomic E-state index is 0.0926. The van der Waals surface area contributed by atoms with Crippen LogP contribution in [0.5, 0.6) is 0 Å². The Labute approximate surface area is 113 Å². The Hall–Kier alpha value is -1.80. The molecular formula is C14H20N3O2+. The van der Waals surface area contributed by atoms with Gasteiger partial charge in [-0.25, -0.2) is 0 Å². The maximum atomic E-state index is 11.9. The number of nitrogens with two attached hydrogens (primary N) is 1. The van der Waals surface area contributed by atoms with Crippen molar-refractivity contribution in [1.82, 2.24) is 5.32 Å². The normalized spacial score (nSPS) is 19.2. The molecule has 1 aliphatic carbocycles. The first-order valence-electron chi connectivity index (χ1n) is 6.64. The standard InChI is InChI=1S/C14H19N3O2/c1-10(12-4-3-7-19-12)16-8-13(18)17-14(2,9-15)11-5-6-11/h3-4,7,10-11,16H,5-6,8H2,1-2H3,(H,17,18)/p+1/t10-,14+/m1/s1. The maximum absolute atomic E-state index is 11.9. The molecule has 1 heterocycles. The molecule has 3 N–H and O–H groups in total. The van der Waals surface area contributed by atoms with E-state index >= 15 is 0 Å². The molecule has 1 aliphatic rings. The molecule has 1 amide bonds. The van der Waals surface area contributed by atoms with Crippen molar-refractivity contribution in [2.45, 2.75) is 38.3 Å². The number of nitrogens with one attached hydrogen (secondary N) is 1. The lowest BCUT2D eigenvalue weighted by Gasteiger charge is -2.22. The number of furan rings is 1. The van der Waals surface area contributed by atoms with Gasteiger partial charge in [-0.05, 0) is 44.7 Å². The quantitative estimate of drug-likeness (QED) is 0.792. The van der Waals surface area contributed by atoms with Crippen molar-refractivity contribution in [2.24, 2.45) is 5.92 Å². The molecule has 5 heteroatoms. The molecule has 19 heavy (non-hydrogen) atoms. The van der Waals surface area contributed by atoms with E-state index in [-0.39, 0.29) is 11.9 Å². The summed E-state index contributed by atoms with van der Waals surface area (Å²) in [4.78, 5) is 11.9. The highest BCUT2D eigenvalue weighted by molar-refractivity contribution is 5.78. The molecule has 1 aromatic heterocycles. The van der Waals surface area contributed by atoms with E-state index in [2.05, 4.69) is 11.4 Å². The first kappa shape index (κ1) is 13.6. The average Bonchev–Trinajstić information content (AvgIpc) is 3.12. The minimum atomic E-state index is -0.709. The monoisotopic (exact) mass is 262 g/mol. The highest BCUT2D eigenvalue weighted by Gasteiger charge is 2.43. The summed E-state index contributed by atoms with van der Waals surface area (Å²) in [5, 5.41) is 13.9. The molecule has 0 bridgehead atoms. The van der Waals surface area contributed by atoms with Crippen LogP contribution in [0.25, 0.3) is 0 Å². The predicted molar refractivity (Wildman–Crippen MR) is 68.8 cm³/mol. The molecule has 1 aromatic rings. The van der Waals surface area contributed by atoms with Crippen LogP contribution in [0.3, 0.4) is 0 Å². The molecule has 2 rings (SSSR count). The van der Waals surface area contributed by atoms with E-state index in [1.807, 2.05) is 24.4 Å². The molecule has 0 spiro atoms. The molecule has 0 saturated heterocycles. The smallest absolute Gasteiger partial charge is 0.276 e. The van der Waals surface area contributed by atoms with E-state index in [9.17, 15) is 10.1 Å². The average molecular weight is 262 g/mol. The van der Waals surface area contributed by atoms with Gasteiger partial charge in [0, 0.05) is 0 Å². The van der Waals surface area contributed by atoms with Crippen LogP contribution < -0.4 is 10.6 Å². The highest BCUT2D eigenvalue weighted by atomic mass is 16.3. The second-order valence-electron chi connectivity index (χ2n) is 5.38. The Morgan fingerprint density at radius 1 is 1.74 bits per heavy atom. The molecule has 1 saturated carbocycles. The summed E-state index contributed by atoms with van der Waals surface area (Å²) in [7, 11) is 0. The Morgan fingerprint density at radius 3 is 3.00 bits per heavy atom. The zero-order valence-electron chi connectivity index (χ0n) is 11.3. The summed E-state index contributed by atoms with van der Waals surface area (Å²) >= 11 is 0. The first-order valence-corrected chi connectivity index (χ1v) is 6.64. The van der Waals surface area contributed by atoms with Gasteiger partial charge >= 0.3 is 0 Å². The summed E-state index contributed by atoms with van der Waals surface area (Å²) in [6.07, 6.45) is 3.67. The van der Waals surface area contributed by atoms with Gasteiger partial charge in [0.25, 0.3) is 5.91 Å². The molecule has 0 unspecified atom stereocenters. The van der Waals surface area contributed by atoms with Gasteiger partial charge in [-0.1, -0.05) is 0 Å². The van der Waals surface area contributed by atoms with Crippen LogP contribution in [0.1, 0.15) is 38.5 Å². The number of quaternary nitrogens is 1. The summed E-state index contributed by atoms with van der Waals surface area (Å²) < 4.78 is 5.28. The van der Waals surface area contributed by atoms with Gasteiger partial charge in [-0.2, -0.15) is 5.26 Å². The van der Waals surface area contributed by atoms with Crippen LogP contribution in [-0.4, -0.2) is 18.0 Å². The summed E-state index contributed by atoms with van der Waals surface area (Å²) in [6, 6.07) is 6.04. The molecular weight excluding hydrogens is 242 g/mol. The third kappa shape index (κ3) is 3.36. The number of amides is 1. The molecule has 1 fully saturated rings. The second-order valence-corrected chi connectivity index (χ2v) is 5.38. The number of carbonyl (C=O) groups excluding carboxylic acids is 1. The van der Waals surface area contributed by atoms with Gasteiger partial charge < -0.3 is 15.1 Å². The van der Waals surface area contributed by atoms with Gasteiger partial charge in [0.05, 0.1) is 12.3 Å². The zero-order chi connectivity index (χ0) is 13.9. The van der Waals surface area contributed by atoms with Crippen LogP contribution in [0.4, 0.5) is 0 Å². The number of nitrogens with zero attached hydrogens (tertiary/aromatic N) is 1. The van der Waals surface area contributed by atoms with Crippen molar-refractivity contribution in [2.75, 3.05) is 6.54 Å². The topological polar surface area (TPSA) is 82.6 Å². The lowest BCUT2D eigenvalue weighted by atomic mass is 9.98. The number of rotatable bonds is 6. The Morgan fingerprint density at radius 2 is 2.47 bits per heavy atom. The van der Waals surface area contributed by atoms with E-state index in [0.717, 1.165) is 18.6 Å². The molecule has 0 radical (unpaired) electrons.